The fourth-order valence-electron chi connectivity index (χ4n) is 0.631. The number of hydrogen-bond acceptors (Lipinski definition) is 6. The maximum atomic E-state index is 5.26. The lowest BCUT2D eigenvalue weighted by Gasteiger charge is -2.23. The highest BCUT2D eigenvalue weighted by molar-refractivity contribution is 8.76. The molecule has 0 aliphatic heterocycles. The third-order valence-corrected chi connectivity index (χ3v) is 7.80. The second-order valence-electron chi connectivity index (χ2n) is 2.44. The Morgan fingerprint density at radius 3 is 1.85 bits per heavy atom. The van der Waals surface area contributed by atoms with Crippen molar-refractivity contribution < 1.29 is 13.3 Å². The fraction of sp³-hybridized carbons (Fsp3) is 1.00. The molecule has 0 amide bonds. The Morgan fingerprint density at radius 1 is 1.08 bits per heavy atom. The van der Waals surface area contributed by atoms with Gasteiger partial charge in [0, 0.05) is 21.3 Å². The maximum absolute atomic E-state index is 5.26. The van der Waals surface area contributed by atoms with Gasteiger partial charge in [-0.05, 0) is 25.1 Å². The normalized spacial score (nSPS) is 12.5. The zero-order chi connectivity index (χ0) is 10.3. The van der Waals surface area contributed by atoms with Gasteiger partial charge in [0.1, 0.15) is 0 Å². The van der Waals surface area contributed by atoms with Crippen LogP contribution in [0.2, 0.25) is 0 Å². The molecule has 13 heavy (non-hydrogen) atoms. The van der Waals surface area contributed by atoms with Crippen LogP contribution in [0.4, 0.5) is 0 Å². The third-order valence-electron chi connectivity index (χ3n) is 1.37. The van der Waals surface area contributed by atoms with Crippen LogP contribution in [0.1, 0.15) is 0 Å². The molecule has 0 rings (SSSR count). The molecule has 0 aromatic rings. The lowest BCUT2D eigenvalue weighted by atomic mass is 11.3. The van der Waals surface area contributed by atoms with Crippen molar-refractivity contribution in [3.05, 3.63) is 0 Å². The van der Waals surface area contributed by atoms with Gasteiger partial charge in [0.15, 0.2) is 0 Å². The molecular weight excluding hydrogens is 226 g/mol. The molecule has 0 N–H and O–H groups in total. The van der Waals surface area contributed by atoms with Crippen LogP contribution < -0.4 is 0 Å². The van der Waals surface area contributed by atoms with Crippen LogP contribution in [0, 0.1) is 0 Å². The van der Waals surface area contributed by atoms with Crippen molar-refractivity contribution in [1.82, 2.24) is 4.31 Å². The van der Waals surface area contributed by atoms with Gasteiger partial charge in [-0.1, -0.05) is 10.8 Å². The summed E-state index contributed by atoms with van der Waals surface area (Å²) >= 11 is 0. The van der Waals surface area contributed by atoms with Crippen molar-refractivity contribution in [1.29, 1.82) is 0 Å². The summed E-state index contributed by atoms with van der Waals surface area (Å²) < 4.78 is 17.8. The van der Waals surface area contributed by atoms with Gasteiger partial charge in [0.05, 0.1) is 5.38 Å². The first-order valence-electron chi connectivity index (χ1n) is 3.72. The van der Waals surface area contributed by atoms with E-state index in [2.05, 4.69) is 0 Å². The molecule has 0 unspecified atom stereocenters. The van der Waals surface area contributed by atoms with Gasteiger partial charge in [-0.3, -0.25) is 0 Å². The highest BCUT2D eigenvalue weighted by Gasteiger charge is 2.37. The average Bonchev–Trinajstić information content (AvgIpc) is 2.13. The smallest absolute Gasteiger partial charge is 0.376 e. The number of hydrogen-bond donors (Lipinski definition) is 0. The van der Waals surface area contributed by atoms with Crippen LogP contribution in [0.15, 0.2) is 0 Å². The quantitative estimate of drug-likeness (QED) is 0.380. The van der Waals surface area contributed by atoms with Crippen LogP contribution in [0.3, 0.4) is 0 Å². The van der Waals surface area contributed by atoms with Gasteiger partial charge in [-0.2, -0.15) is 0 Å². The van der Waals surface area contributed by atoms with E-state index in [9.17, 15) is 0 Å². The third kappa shape index (κ3) is 5.26. The molecule has 0 aromatic carbocycles. The SMILES string of the molecule is CO[Si](CSSN(C)C)(OC)OC. The minimum atomic E-state index is -2.37. The molecule has 0 aromatic heterocycles. The summed E-state index contributed by atoms with van der Waals surface area (Å²) in [7, 11) is 9.81. The van der Waals surface area contributed by atoms with Crippen LogP contribution in [-0.2, 0) is 13.3 Å². The molecule has 80 valence electrons. The highest BCUT2D eigenvalue weighted by atomic mass is 33.1. The number of nitrogens with zero attached hydrogens (tertiary/aromatic N) is 1. The molecular formula is C6H17NO3S2Si. The second kappa shape index (κ2) is 7.10. The summed E-state index contributed by atoms with van der Waals surface area (Å²) in [5.74, 6) is 0. The van der Waals surface area contributed by atoms with E-state index in [-0.39, 0.29) is 0 Å². The van der Waals surface area contributed by atoms with Gasteiger partial charge in [-0.25, -0.2) is 4.31 Å². The van der Waals surface area contributed by atoms with Gasteiger partial charge in [-0.15, -0.1) is 0 Å². The highest BCUT2D eigenvalue weighted by Crippen LogP contribution is 2.26. The van der Waals surface area contributed by atoms with Crippen LogP contribution in [0.5, 0.6) is 0 Å². The van der Waals surface area contributed by atoms with E-state index in [0.29, 0.717) is 0 Å². The Labute approximate surface area is 89.2 Å². The van der Waals surface area contributed by atoms with Crippen LogP contribution in [-0.4, -0.2) is 53.9 Å². The van der Waals surface area contributed by atoms with Crippen molar-refractivity contribution in [2.75, 3.05) is 40.8 Å². The van der Waals surface area contributed by atoms with Crippen molar-refractivity contribution in [3.63, 3.8) is 0 Å². The Kier molecular flexibility index (Phi) is 7.52. The molecule has 0 saturated carbocycles. The molecule has 0 spiro atoms. The van der Waals surface area contributed by atoms with Gasteiger partial charge >= 0.3 is 8.80 Å². The van der Waals surface area contributed by atoms with Crippen molar-refractivity contribution in [2.45, 2.75) is 0 Å². The summed E-state index contributed by atoms with van der Waals surface area (Å²) in [5.41, 5.74) is 0. The van der Waals surface area contributed by atoms with E-state index < -0.39 is 8.80 Å². The molecule has 4 nitrogen and oxygen atoms in total. The second-order valence-corrected chi connectivity index (χ2v) is 8.46. The molecule has 0 heterocycles. The molecule has 0 atom stereocenters. The van der Waals surface area contributed by atoms with Crippen molar-refractivity contribution >= 4 is 30.6 Å². The summed E-state index contributed by atoms with van der Waals surface area (Å²) in [5, 5.41) is 0.749. The molecule has 0 aliphatic carbocycles. The van der Waals surface area contributed by atoms with Crippen LogP contribution in [0.25, 0.3) is 0 Å². The molecule has 0 aliphatic rings. The Morgan fingerprint density at radius 2 is 1.54 bits per heavy atom. The van der Waals surface area contributed by atoms with E-state index >= 15 is 0 Å². The molecule has 0 fully saturated rings. The Hall–Kier alpha value is 0.757. The maximum Gasteiger partial charge on any atom is 0.511 e. The predicted octanol–water partition coefficient (Wildman–Crippen LogP) is 1.26. The first kappa shape index (κ1) is 13.8. The molecule has 0 radical (unpaired) electrons. The zero-order valence-corrected chi connectivity index (χ0v) is 11.3. The molecule has 0 saturated heterocycles. The summed E-state index contributed by atoms with van der Waals surface area (Å²) in [6, 6.07) is 0. The van der Waals surface area contributed by atoms with E-state index in [1.165, 1.54) is 0 Å². The predicted molar refractivity (Wildman–Crippen MR) is 60.5 cm³/mol. The Bertz CT molecular complexity index is 127. The topological polar surface area (TPSA) is 30.9 Å². The minimum Gasteiger partial charge on any atom is -0.376 e. The number of rotatable bonds is 7. The van der Waals surface area contributed by atoms with E-state index in [1.54, 1.807) is 43.1 Å². The lowest BCUT2D eigenvalue weighted by molar-refractivity contribution is 0.131. The molecule has 0 bridgehead atoms. The average molecular weight is 243 g/mol. The van der Waals surface area contributed by atoms with Gasteiger partial charge in [0.2, 0.25) is 0 Å². The summed E-state index contributed by atoms with van der Waals surface area (Å²) in [4.78, 5) is 0. The summed E-state index contributed by atoms with van der Waals surface area (Å²) in [6.07, 6.45) is 0. The van der Waals surface area contributed by atoms with Crippen LogP contribution >= 0.6 is 21.8 Å². The van der Waals surface area contributed by atoms with E-state index in [1.807, 2.05) is 18.4 Å². The first-order chi connectivity index (χ1) is 6.10. The Balaban J connectivity index is 3.81. The van der Waals surface area contributed by atoms with Crippen molar-refractivity contribution in [3.8, 4) is 0 Å². The van der Waals surface area contributed by atoms with Gasteiger partial charge in [0.25, 0.3) is 0 Å². The summed E-state index contributed by atoms with van der Waals surface area (Å²) in [6.45, 7) is 0. The van der Waals surface area contributed by atoms with E-state index in [0.717, 1.165) is 5.38 Å². The zero-order valence-electron chi connectivity index (χ0n) is 8.70. The van der Waals surface area contributed by atoms with Crippen molar-refractivity contribution in [2.24, 2.45) is 0 Å². The first-order valence-corrected chi connectivity index (χ1v) is 7.93. The van der Waals surface area contributed by atoms with E-state index in [4.69, 9.17) is 13.3 Å². The lowest BCUT2D eigenvalue weighted by Crippen LogP contribution is -2.46. The minimum absolute atomic E-state index is 0.749. The monoisotopic (exact) mass is 243 g/mol. The molecule has 7 heteroatoms. The standard InChI is InChI=1S/C6H17NO3S2Si/c1-7(2)12-11-6-13(8-3,9-4)10-5/h6H2,1-5H3. The fourth-order valence-corrected chi connectivity index (χ4v) is 5.95. The largest absolute Gasteiger partial charge is 0.511 e. The van der Waals surface area contributed by atoms with Gasteiger partial charge < -0.3 is 13.3 Å².